The number of hydrogen-bond donors (Lipinski definition) is 1. The van der Waals surface area contributed by atoms with Crippen molar-refractivity contribution in [3.63, 3.8) is 0 Å². The third-order valence-corrected chi connectivity index (χ3v) is 6.13. The summed E-state index contributed by atoms with van der Waals surface area (Å²) in [7, 11) is 0. The van der Waals surface area contributed by atoms with E-state index in [0.29, 0.717) is 11.5 Å². The van der Waals surface area contributed by atoms with E-state index in [1.54, 1.807) is 6.20 Å². The lowest BCUT2D eigenvalue weighted by molar-refractivity contribution is 0.332. The minimum absolute atomic E-state index is 0.0406. The maximum absolute atomic E-state index is 12.6. The number of H-pyrrole nitrogens is 1. The van der Waals surface area contributed by atoms with Crippen molar-refractivity contribution in [3.05, 3.63) is 51.3 Å². The number of nitriles is 1. The van der Waals surface area contributed by atoms with Crippen LogP contribution in [0.2, 0.25) is 0 Å². The summed E-state index contributed by atoms with van der Waals surface area (Å²) in [4.78, 5) is 27.3. The van der Waals surface area contributed by atoms with Gasteiger partial charge in [-0.3, -0.25) is 4.79 Å². The van der Waals surface area contributed by atoms with Crippen LogP contribution in [0.1, 0.15) is 60.7 Å². The number of rotatable bonds is 2. The molecule has 1 saturated heterocycles. The summed E-state index contributed by atoms with van der Waals surface area (Å²) in [6, 6.07) is 5.86. The second kappa shape index (κ2) is 5.66. The van der Waals surface area contributed by atoms with Crippen molar-refractivity contribution >= 4 is 5.82 Å². The summed E-state index contributed by atoms with van der Waals surface area (Å²) in [6.45, 7) is 1.80. The summed E-state index contributed by atoms with van der Waals surface area (Å²) < 4.78 is 0. The first-order chi connectivity index (χ1) is 12.7. The zero-order valence-corrected chi connectivity index (χ0v) is 14.7. The van der Waals surface area contributed by atoms with Crippen LogP contribution in [-0.4, -0.2) is 28.0 Å². The first-order valence-electron chi connectivity index (χ1n) is 9.43. The Morgan fingerprint density at radius 1 is 1.31 bits per heavy atom. The number of nitrogens with one attached hydrogen (secondary N) is 1. The molecule has 1 atom stereocenters. The Morgan fingerprint density at radius 2 is 2.19 bits per heavy atom. The van der Waals surface area contributed by atoms with Gasteiger partial charge in [0.25, 0.3) is 5.56 Å². The summed E-state index contributed by atoms with van der Waals surface area (Å²) in [5, 5.41) is 8.97. The molecule has 1 saturated carbocycles. The first kappa shape index (κ1) is 15.6. The lowest BCUT2D eigenvalue weighted by Gasteiger charge is -2.41. The largest absolute Gasteiger partial charge is 0.356 e. The molecule has 2 aromatic rings. The number of fused-ring (bicyclic) bond motifs is 2. The Morgan fingerprint density at radius 3 is 2.92 bits per heavy atom. The number of nitrogens with zero attached hydrogens (tertiary/aromatic N) is 4. The van der Waals surface area contributed by atoms with E-state index in [-0.39, 0.29) is 11.0 Å². The van der Waals surface area contributed by atoms with Gasteiger partial charge in [-0.05, 0) is 50.7 Å². The molecule has 2 aromatic heterocycles. The average molecular weight is 347 g/mol. The van der Waals surface area contributed by atoms with Gasteiger partial charge in [0.15, 0.2) is 0 Å². The molecule has 1 unspecified atom stereocenters. The normalized spacial score (nSPS) is 24.5. The topological polar surface area (TPSA) is 85.7 Å². The third kappa shape index (κ3) is 2.42. The van der Waals surface area contributed by atoms with Crippen LogP contribution in [0, 0.1) is 11.3 Å². The highest BCUT2D eigenvalue weighted by Gasteiger charge is 2.45. The van der Waals surface area contributed by atoms with Gasteiger partial charge in [0.2, 0.25) is 0 Å². The summed E-state index contributed by atoms with van der Waals surface area (Å²) in [5.41, 5.74) is 2.54. The molecule has 3 aliphatic rings. The second-order valence-corrected chi connectivity index (χ2v) is 7.87. The molecule has 132 valence electrons. The highest BCUT2D eigenvalue weighted by Crippen LogP contribution is 2.45. The van der Waals surface area contributed by atoms with E-state index in [1.165, 1.54) is 0 Å². The van der Waals surface area contributed by atoms with Gasteiger partial charge in [0.05, 0.1) is 11.3 Å². The van der Waals surface area contributed by atoms with Crippen LogP contribution in [0.3, 0.4) is 0 Å². The van der Waals surface area contributed by atoms with Crippen molar-refractivity contribution < 1.29 is 0 Å². The lowest BCUT2D eigenvalue weighted by Crippen LogP contribution is -2.46. The number of anilines is 1. The van der Waals surface area contributed by atoms with E-state index in [1.807, 2.05) is 12.1 Å². The SMILES string of the molecule is N#Cc1ccc(N2CCCC3(CCc4c3nc(C3CC3)[nH]c4=O)C2)nc1. The molecule has 1 spiro atoms. The quantitative estimate of drug-likeness (QED) is 0.901. The van der Waals surface area contributed by atoms with E-state index in [4.69, 9.17) is 10.2 Å². The van der Waals surface area contributed by atoms with Gasteiger partial charge < -0.3 is 9.88 Å². The Labute approximate surface area is 151 Å². The average Bonchev–Trinajstić information content (AvgIpc) is 3.47. The highest BCUT2D eigenvalue weighted by molar-refractivity contribution is 5.45. The molecular weight excluding hydrogens is 326 g/mol. The van der Waals surface area contributed by atoms with E-state index < -0.39 is 0 Å². The zero-order valence-electron chi connectivity index (χ0n) is 14.7. The molecule has 2 aliphatic carbocycles. The van der Waals surface area contributed by atoms with E-state index in [9.17, 15) is 4.79 Å². The maximum Gasteiger partial charge on any atom is 0.254 e. The van der Waals surface area contributed by atoms with Gasteiger partial charge >= 0.3 is 0 Å². The fraction of sp³-hybridized carbons (Fsp3) is 0.500. The molecule has 0 amide bonds. The van der Waals surface area contributed by atoms with Crippen LogP contribution in [0.4, 0.5) is 5.82 Å². The van der Waals surface area contributed by atoms with Crippen LogP contribution in [0.25, 0.3) is 0 Å². The third-order valence-electron chi connectivity index (χ3n) is 6.13. The molecule has 0 aromatic carbocycles. The number of piperidine rings is 1. The van der Waals surface area contributed by atoms with Gasteiger partial charge in [-0.15, -0.1) is 0 Å². The minimum Gasteiger partial charge on any atom is -0.356 e. The molecule has 5 rings (SSSR count). The fourth-order valence-electron chi connectivity index (χ4n) is 4.58. The summed E-state index contributed by atoms with van der Waals surface area (Å²) in [5.74, 6) is 2.25. The number of hydrogen-bond acceptors (Lipinski definition) is 5. The second-order valence-electron chi connectivity index (χ2n) is 7.87. The van der Waals surface area contributed by atoms with Crippen LogP contribution < -0.4 is 10.5 Å². The molecule has 1 N–H and O–H groups in total. The predicted molar refractivity (Wildman–Crippen MR) is 97.2 cm³/mol. The lowest BCUT2D eigenvalue weighted by atomic mass is 9.77. The fourth-order valence-corrected chi connectivity index (χ4v) is 4.58. The molecule has 6 heteroatoms. The van der Waals surface area contributed by atoms with Crippen LogP contribution in [-0.2, 0) is 11.8 Å². The van der Waals surface area contributed by atoms with Crippen LogP contribution >= 0.6 is 0 Å². The monoisotopic (exact) mass is 347 g/mol. The molecule has 3 heterocycles. The van der Waals surface area contributed by atoms with Crippen molar-refractivity contribution in [2.75, 3.05) is 18.0 Å². The molecule has 6 nitrogen and oxygen atoms in total. The predicted octanol–water partition coefficient (Wildman–Crippen LogP) is 2.40. The number of pyridine rings is 1. The maximum atomic E-state index is 12.6. The van der Waals surface area contributed by atoms with Crippen LogP contribution in [0.15, 0.2) is 23.1 Å². The van der Waals surface area contributed by atoms with E-state index in [0.717, 1.165) is 74.5 Å². The standard InChI is InChI=1S/C20H21N5O/c21-10-13-2-5-16(22-11-13)25-9-1-7-20(12-25)8-6-15-17(20)23-18(14-3-4-14)24-19(15)26/h2,5,11,14H,1,3-4,6-9,12H2,(H,23,24,26). The smallest absolute Gasteiger partial charge is 0.254 e. The Balaban J connectivity index is 1.50. The van der Waals surface area contributed by atoms with Crippen molar-refractivity contribution in [2.45, 2.75) is 49.9 Å². The van der Waals surface area contributed by atoms with Crippen molar-refractivity contribution in [1.82, 2.24) is 15.0 Å². The minimum atomic E-state index is -0.0406. The molecule has 0 bridgehead atoms. The van der Waals surface area contributed by atoms with Crippen molar-refractivity contribution in [1.29, 1.82) is 5.26 Å². The van der Waals surface area contributed by atoms with Gasteiger partial charge in [-0.25, -0.2) is 9.97 Å². The molecular formula is C20H21N5O. The van der Waals surface area contributed by atoms with Gasteiger partial charge in [0, 0.05) is 36.2 Å². The first-order valence-corrected chi connectivity index (χ1v) is 9.43. The van der Waals surface area contributed by atoms with Gasteiger partial charge in [-0.2, -0.15) is 5.26 Å². The highest BCUT2D eigenvalue weighted by atomic mass is 16.1. The summed E-state index contributed by atoms with van der Waals surface area (Å²) >= 11 is 0. The molecule has 0 radical (unpaired) electrons. The zero-order chi connectivity index (χ0) is 17.7. The van der Waals surface area contributed by atoms with Crippen molar-refractivity contribution in [2.24, 2.45) is 0 Å². The van der Waals surface area contributed by atoms with E-state index in [2.05, 4.69) is 20.9 Å². The van der Waals surface area contributed by atoms with Gasteiger partial charge in [0.1, 0.15) is 17.7 Å². The van der Waals surface area contributed by atoms with Crippen molar-refractivity contribution in [3.8, 4) is 6.07 Å². The van der Waals surface area contributed by atoms with Crippen LogP contribution in [0.5, 0.6) is 0 Å². The molecule has 2 fully saturated rings. The van der Waals surface area contributed by atoms with E-state index >= 15 is 0 Å². The summed E-state index contributed by atoms with van der Waals surface area (Å²) in [6.07, 6.45) is 7.84. The Kier molecular flexibility index (Phi) is 3.39. The molecule has 26 heavy (non-hydrogen) atoms. The Hall–Kier alpha value is -2.68. The molecule has 1 aliphatic heterocycles. The van der Waals surface area contributed by atoms with Gasteiger partial charge in [-0.1, -0.05) is 0 Å². The number of aromatic amines is 1. The Bertz CT molecular complexity index is 954. The number of aromatic nitrogens is 3.